The average Bonchev–Trinajstić information content (AvgIpc) is 3.08. The first-order chi connectivity index (χ1) is 15.0. The molecule has 4 rings (SSSR count). The van der Waals surface area contributed by atoms with E-state index in [-0.39, 0.29) is 28.8 Å². The van der Waals surface area contributed by atoms with Gasteiger partial charge in [0.1, 0.15) is 0 Å². The molecule has 0 aromatic carbocycles. The number of hydrogen-bond donors (Lipinski definition) is 2. The topological polar surface area (TPSA) is 93.1 Å². The Morgan fingerprint density at radius 1 is 1.06 bits per heavy atom. The van der Waals surface area contributed by atoms with E-state index in [0.29, 0.717) is 36.0 Å². The Bertz CT molecular complexity index is 751. The molecule has 6 nitrogen and oxygen atoms in total. The molecular formula is C25H43O6P. The standard InChI is InChI=1S/C25H43O6P/c1-16(8-11-22(26)30-4)18-9-10-19-23-20(12-14-25(18,19)3)24(2)13-6-5-7-17(24)15-21(23)31-32(27,28)29/h16-21,23H,5-15H2,1-4H3,(H2,27,28,29)/t16-,17?,18?,19+,20+,21-,23?,24?,25?/m1/s1. The Labute approximate surface area is 193 Å². The number of esters is 1. The summed E-state index contributed by atoms with van der Waals surface area (Å²) in [6.07, 6.45) is 11.2. The minimum Gasteiger partial charge on any atom is -0.469 e. The van der Waals surface area contributed by atoms with Crippen molar-refractivity contribution < 1.29 is 28.4 Å². The molecule has 4 aliphatic carbocycles. The summed E-state index contributed by atoms with van der Waals surface area (Å²) >= 11 is 0. The quantitative estimate of drug-likeness (QED) is 0.381. The van der Waals surface area contributed by atoms with Crippen molar-refractivity contribution in [3.05, 3.63) is 0 Å². The van der Waals surface area contributed by atoms with E-state index in [9.17, 15) is 19.1 Å². The Balaban J connectivity index is 1.60. The van der Waals surface area contributed by atoms with Crippen LogP contribution in [0.15, 0.2) is 0 Å². The van der Waals surface area contributed by atoms with Crippen LogP contribution in [0.5, 0.6) is 0 Å². The highest BCUT2D eigenvalue weighted by Gasteiger charge is 2.63. The van der Waals surface area contributed by atoms with E-state index in [0.717, 1.165) is 38.5 Å². The number of methoxy groups -OCH3 is 1. The van der Waals surface area contributed by atoms with Gasteiger partial charge in [-0.15, -0.1) is 0 Å². The third-order valence-electron chi connectivity index (χ3n) is 10.6. The van der Waals surface area contributed by atoms with Crippen molar-refractivity contribution in [3.63, 3.8) is 0 Å². The first-order valence-corrected chi connectivity index (χ1v) is 14.3. The summed E-state index contributed by atoms with van der Waals surface area (Å²) in [5, 5.41) is 0. The van der Waals surface area contributed by atoms with Crippen molar-refractivity contribution in [1.29, 1.82) is 0 Å². The predicted molar refractivity (Wildman–Crippen MR) is 123 cm³/mol. The van der Waals surface area contributed by atoms with Crippen LogP contribution in [-0.4, -0.2) is 29.0 Å². The highest BCUT2D eigenvalue weighted by atomic mass is 31.2. The van der Waals surface area contributed by atoms with E-state index in [1.165, 1.54) is 32.8 Å². The molecular weight excluding hydrogens is 427 g/mol. The zero-order valence-electron chi connectivity index (χ0n) is 20.3. The fraction of sp³-hybridized carbons (Fsp3) is 0.960. The molecule has 0 aromatic heterocycles. The maximum absolute atomic E-state index is 12.0. The number of carbonyl (C=O) groups excluding carboxylic acids is 1. The average molecular weight is 471 g/mol. The molecule has 7 heteroatoms. The lowest BCUT2D eigenvalue weighted by atomic mass is 9.44. The van der Waals surface area contributed by atoms with E-state index >= 15 is 0 Å². The lowest BCUT2D eigenvalue weighted by molar-refractivity contribution is -0.161. The number of phosphoric acid groups is 1. The zero-order chi connectivity index (χ0) is 23.3. The number of phosphoric ester groups is 1. The Morgan fingerprint density at radius 2 is 1.78 bits per heavy atom. The third kappa shape index (κ3) is 4.34. The van der Waals surface area contributed by atoms with Gasteiger partial charge in [0.2, 0.25) is 0 Å². The van der Waals surface area contributed by atoms with Gasteiger partial charge in [0.25, 0.3) is 0 Å². The molecule has 0 saturated heterocycles. The summed E-state index contributed by atoms with van der Waals surface area (Å²) in [7, 11) is -3.09. The van der Waals surface area contributed by atoms with Gasteiger partial charge < -0.3 is 14.5 Å². The van der Waals surface area contributed by atoms with E-state index in [4.69, 9.17) is 9.26 Å². The van der Waals surface area contributed by atoms with Gasteiger partial charge in [-0.1, -0.05) is 33.6 Å². The molecule has 184 valence electrons. The molecule has 4 aliphatic rings. The van der Waals surface area contributed by atoms with Crippen LogP contribution in [-0.2, 0) is 18.6 Å². The second kappa shape index (κ2) is 8.98. The molecule has 0 amide bonds. The summed E-state index contributed by atoms with van der Waals surface area (Å²) in [4.78, 5) is 31.2. The van der Waals surface area contributed by atoms with Crippen molar-refractivity contribution in [2.75, 3.05) is 7.11 Å². The molecule has 32 heavy (non-hydrogen) atoms. The SMILES string of the molecule is COC(=O)CC[C@@H](C)C1CC[C@H]2C3[C@H](OP(=O)(O)O)CC4CCCCC4(C)[C@H]3CCC12C. The maximum Gasteiger partial charge on any atom is 0.469 e. The van der Waals surface area contributed by atoms with Gasteiger partial charge in [0.05, 0.1) is 13.2 Å². The lowest BCUT2D eigenvalue weighted by Crippen LogP contribution is -2.58. The molecule has 4 fully saturated rings. The van der Waals surface area contributed by atoms with Gasteiger partial charge in [0.15, 0.2) is 0 Å². The Kier molecular flexibility index (Phi) is 6.93. The molecule has 0 aromatic rings. The zero-order valence-corrected chi connectivity index (χ0v) is 21.2. The molecule has 2 N–H and O–H groups in total. The van der Waals surface area contributed by atoms with Gasteiger partial charge in [-0.25, -0.2) is 4.57 Å². The second-order valence-corrected chi connectivity index (χ2v) is 13.1. The van der Waals surface area contributed by atoms with Crippen molar-refractivity contribution >= 4 is 13.8 Å². The normalized spacial score (nSPS) is 44.8. The van der Waals surface area contributed by atoms with Gasteiger partial charge in [0, 0.05) is 6.42 Å². The maximum atomic E-state index is 12.0. The number of fused-ring (bicyclic) bond motifs is 5. The van der Waals surface area contributed by atoms with E-state index in [1.807, 2.05) is 0 Å². The first-order valence-electron chi connectivity index (χ1n) is 12.8. The molecule has 5 unspecified atom stereocenters. The molecule has 0 heterocycles. The van der Waals surface area contributed by atoms with Crippen molar-refractivity contribution in [3.8, 4) is 0 Å². The fourth-order valence-electron chi connectivity index (χ4n) is 9.14. The van der Waals surface area contributed by atoms with E-state index in [2.05, 4.69) is 20.8 Å². The van der Waals surface area contributed by atoms with Crippen molar-refractivity contribution in [2.24, 2.45) is 46.3 Å². The highest BCUT2D eigenvalue weighted by molar-refractivity contribution is 7.46. The second-order valence-electron chi connectivity index (χ2n) is 11.9. The van der Waals surface area contributed by atoms with Crippen LogP contribution in [0.4, 0.5) is 0 Å². The minimum absolute atomic E-state index is 0.140. The summed E-state index contributed by atoms with van der Waals surface area (Å²) in [5.41, 5.74) is 0.415. The first kappa shape index (κ1) is 24.7. The smallest absolute Gasteiger partial charge is 0.469 e. The largest absolute Gasteiger partial charge is 0.469 e. The number of rotatable bonds is 6. The number of hydrogen-bond acceptors (Lipinski definition) is 4. The van der Waals surface area contributed by atoms with Crippen molar-refractivity contribution in [1.82, 2.24) is 0 Å². The van der Waals surface area contributed by atoms with Gasteiger partial charge in [-0.2, -0.15) is 0 Å². The van der Waals surface area contributed by atoms with E-state index in [1.54, 1.807) is 0 Å². The van der Waals surface area contributed by atoms with Gasteiger partial charge >= 0.3 is 13.8 Å². The molecule has 9 atom stereocenters. The summed E-state index contributed by atoms with van der Waals surface area (Å²) in [6.45, 7) is 7.16. The summed E-state index contributed by atoms with van der Waals surface area (Å²) < 4.78 is 22.4. The van der Waals surface area contributed by atoms with Crippen LogP contribution in [0.25, 0.3) is 0 Å². The molecule has 0 radical (unpaired) electrons. The Morgan fingerprint density at radius 3 is 2.47 bits per heavy atom. The molecule has 0 aliphatic heterocycles. The van der Waals surface area contributed by atoms with Crippen molar-refractivity contribution in [2.45, 2.75) is 97.5 Å². The predicted octanol–water partition coefficient (Wildman–Crippen LogP) is 5.71. The van der Waals surface area contributed by atoms with Crippen LogP contribution in [0, 0.1) is 46.3 Å². The van der Waals surface area contributed by atoms with Gasteiger partial charge in [-0.05, 0) is 97.7 Å². The van der Waals surface area contributed by atoms with Crippen LogP contribution in [0.2, 0.25) is 0 Å². The summed E-state index contributed by atoms with van der Waals surface area (Å²) in [5.74, 6) is 2.48. The van der Waals surface area contributed by atoms with Gasteiger partial charge in [-0.3, -0.25) is 9.32 Å². The summed E-state index contributed by atoms with van der Waals surface area (Å²) in [6, 6.07) is 0. The van der Waals surface area contributed by atoms with E-state index < -0.39 is 7.82 Å². The lowest BCUT2D eigenvalue weighted by Gasteiger charge is -2.62. The Hall–Kier alpha value is -0.420. The highest BCUT2D eigenvalue weighted by Crippen LogP contribution is 2.69. The minimum atomic E-state index is -4.54. The van der Waals surface area contributed by atoms with Crippen LogP contribution < -0.4 is 0 Å². The van der Waals surface area contributed by atoms with Crippen LogP contribution >= 0.6 is 7.82 Å². The van der Waals surface area contributed by atoms with Crippen LogP contribution in [0.3, 0.4) is 0 Å². The number of ether oxygens (including phenoxy) is 1. The monoisotopic (exact) mass is 470 g/mol. The van der Waals surface area contributed by atoms with Crippen LogP contribution in [0.1, 0.15) is 91.4 Å². The fourth-order valence-corrected chi connectivity index (χ4v) is 9.72. The molecule has 4 saturated carbocycles. The number of carbonyl (C=O) groups is 1. The molecule has 0 bridgehead atoms. The third-order valence-corrected chi connectivity index (χ3v) is 11.2. The molecule has 0 spiro atoms.